The lowest BCUT2D eigenvalue weighted by Gasteiger charge is -2.12. The van der Waals surface area contributed by atoms with E-state index in [9.17, 15) is 9.18 Å². The van der Waals surface area contributed by atoms with Gasteiger partial charge in [-0.2, -0.15) is 5.26 Å². The smallest absolute Gasteiger partial charge is 0.404 e. The molecule has 0 atom stereocenters. The van der Waals surface area contributed by atoms with E-state index in [1.54, 1.807) is 18.2 Å². The molecular weight excluding hydrogens is 335 g/mol. The van der Waals surface area contributed by atoms with Crippen LogP contribution in [0.4, 0.5) is 20.7 Å². The molecule has 1 heterocycles. The second-order valence-electron chi connectivity index (χ2n) is 4.89. The van der Waals surface area contributed by atoms with Crippen molar-refractivity contribution >= 4 is 29.2 Å². The average molecular weight is 349 g/mol. The van der Waals surface area contributed by atoms with E-state index in [-0.39, 0.29) is 16.5 Å². The lowest BCUT2D eigenvalue weighted by molar-refractivity contribution is 0.194. The minimum Gasteiger partial charge on any atom is -0.465 e. The molecule has 124 valence electrons. The number of carboxylic acid groups (broad SMARTS) is 1. The van der Waals surface area contributed by atoms with E-state index in [1.165, 1.54) is 0 Å². The lowest BCUT2D eigenvalue weighted by Crippen LogP contribution is -2.22. The fraction of sp³-hybridized carbons (Fsp3) is 0.188. The van der Waals surface area contributed by atoms with Gasteiger partial charge in [-0.15, -0.1) is 0 Å². The summed E-state index contributed by atoms with van der Waals surface area (Å²) in [5.41, 5.74) is 1.49. The standard InChI is InChI=1S/C16H14ClFN4O2/c17-14-11(9-19)8-12(18)15(22-14)21-13-6-2-1-4-10(13)5-3-7-20-16(23)24/h1-2,4,6,8,20H,3,5,7H2,(H,21,22)(H,23,24). The molecule has 6 nitrogen and oxygen atoms in total. The first-order valence-corrected chi connectivity index (χ1v) is 7.47. The molecule has 8 heteroatoms. The highest BCUT2D eigenvalue weighted by molar-refractivity contribution is 6.30. The predicted octanol–water partition coefficient (Wildman–Crippen LogP) is 3.69. The fourth-order valence-electron chi connectivity index (χ4n) is 2.09. The average Bonchev–Trinajstić information content (AvgIpc) is 2.55. The highest BCUT2D eigenvalue weighted by Gasteiger charge is 2.12. The predicted molar refractivity (Wildman–Crippen MR) is 88.0 cm³/mol. The van der Waals surface area contributed by atoms with Gasteiger partial charge in [-0.25, -0.2) is 14.2 Å². The molecule has 0 aliphatic rings. The van der Waals surface area contributed by atoms with Gasteiger partial charge in [0, 0.05) is 12.2 Å². The Hall–Kier alpha value is -2.85. The highest BCUT2D eigenvalue weighted by atomic mass is 35.5. The minimum atomic E-state index is -1.07. The number of halogens is 2. The second-order valence-corrected chi connectivity index (χ2v) is 5.24. The van der Waals surface area contributed by atoms with Crippen LogP contribution in [0.25, 0.3) is 0 Å². The third kappa shape index (κ3) is 4.57. The van der Waals surface area contributed by atoms with Gasteiger partial charge in [-0.3, -0.25) is 0 Å². The largest absolute Gasteiger partial charge is 0.465 e. The SMILES string of the molecule is N#Cc1cc(F)c(Nc2ccccc2CCCNC(=O)O)nc1Cl. The molecule has 0 fully saturated rings. The molecule has 0 aliphatic carbocycles. The number of carbonyl (C=O) groups is 1. The second kappa shape index (κ2) is 8.13. The number of aromatic nitrogens is 1. The van der Waals surface area contributed by atoms with Gasteiger partial charge >= 0.3 is 6.09 Å². The van der Waals surface area contributed by atoms with Crippen molar-refractivity contribution in [3.05, 3.63) is 52.4 Å². The third-order valence-electron chi connectivity index (χ3n) is 3.22. The quantitative estimate of drug-likeness (QED) is 0.546. The van der Waals surface area contributed by atoms with Crippen molar-refractivity contribution in [2.24, 2.45) is 0 Å². The number of nitriles is 1. The van der Waals surface area contributed by atoms with Crippen molar-refractivity contribution in [3.8, 4) is 6.07 Å². The van der Waals surface area contributed by atoms with Crippen LogP contribution in [-0.2, 0) is 6.42 Å². The molecule has 2 rings (SSSR count). The number of anilines is 2. The van der Waals surface area contributed by atoms with Gasteiger partial charge in [0.2, 0.25) is 0 Å². The molecule has 0 spiro atoms. The van der Waals surface area contributed by atoms with Crippen LogP contribution < -0.4 is 10.6 Å². The Bertz CT molecular complexity index is 792. The summed E-state index contributed by atoms with van der Waals surface area (Å²) in [5, 5.41) is 22.4. The zero-order valence-electron chi connectivity index (χ0n) is 12.5. The van der Waals surface area contributed by atoms with Crippen LogP contribution in [0, 0.1) is 17.1 Å². The first-order chi connectivity index (χ1) is 11.5. The number of aryl methyl sites for hydroxylation is 1. The normalized spacial score (nSPS) is 10.0. The topological polar surface area (TPSA) is 98.0 Å². The Morgan fingerprint density at radius 2 is 2.17 bits per heavy atom. The minimum absolute atomic E-state index is 0.0345. The summed E-state index contributed by atoms with van der Waals surface area (Å²) in [6, 6.07) is 10.0. The highest BCUT2D eigenvalue weighted by Crippen LogP contribution is 2.25. The zero-order valence-corrected chi connectivity index (χ0v) is 13.3. The molecule has 0 saturated heterocycles. The first-order valence-electron chi connectivity index (χ1n) is 7.09. The molecule has 1 amide bonds. The number of rotatable bonds is 6. The monoisotopic (exact) mass is 348 g/mol. The summed E-state index contributed by atoms with van der Waals surface area (Å²) in [7, 11) is 0. The molecular formula is C16H14ClFN4O2. The van der Waals surface area contributed by atoms with Crippen molar-refractivity contribution in [1.82, 2.24) is 10.3 Å². The number of nitrogens with one attached hydrogen (secondary N) is 2. The van der Waals surface area contributed by atoms with Crippen molar-refractivity contribution in [3.63, 3.8) is 0 Å². The summed E-state index contributed by atoms with van der Waals surface area (Å²) in [6.07, 6.45) is 0.115. The lowest BCUT2D eigenvalue weighted by atomic mass is 10.1. The summed E-state index contributed by atoms with van der Waals surface area (Å²) in [5.74, 6) is -0.756. The number of benzene rings is 1. The molecule has 24 heavy (non-hydrogen) atoms. The van der Waals surface area contributed by atoms with E-state index in [0.29, 0.717) is 25.1 Å². The fourth-order valence-corrected chi connectivity index (χ4v) is 2.28. The Balaban J connectivity index is 2.14. The molecule has 0 bridgehead atoms. The maximum atomic E-state index is 14.0. The van der Waals surface area contributed by atoms with E-state index in [0.717, 1.165) is 11.6 Å². The molecule has 3 N–H and O–H groups in total. The van der Waals surface area contributed by atoms with Crippen LogP contribution in [0.3, 0.4) is 0 Å². The number of pyridine rings is 1. The van der Waals surface area contributed by atoms with Crippen LogP contribution in [0.5, 0.6) is 0 Å². The van der Waals surface area contributed by atoms with Crippen molar-refractivity contribution in [2.75, 3.05) is 11.9 Å². The summed E-state index contributed by atoms with van der Waals surface area (Å²) in [6.45, 7) is 0.318. The van der Waals surface area contributed by atoms with Gasteiger partial charge in [-0.05, 0) is 30.5 Å². The van der Waals surface area contributed by atoms with Gasteiger partial charge in [0.15, 0.2) is 11.6 Å². The van der Waals surface area contributed by atoms with Gasteiger partial charge in [0.05, 0.1) is 5.56 Å². The Morgan fingerprint density at radius 3 is 2.88 bits per heavy atom. The van der Waals surface area contributed by atoms with Gasteiger partial charge in [0.1, 0.15) is 11.2 Å². The zero-order chi connectivity index (χ0) is 17.5. The van der Waals surface area contributed by atoms with Crippen LogP contribution >= 0.6 is 11.6 Å². The van der Waals surface area contributed by atoms with Crippen molar-refractivity contribution in [1.29, 1.82) is 5.26 Å². The number of nitrogens with zero attached hydrogens (tertiary/aromatic N) is 2. The summed E-state index contributed by atoms with van der Waals surface area (Å²) < 4.78 is 14.0. The van der Waals surface area contributed by atoms with Crippen LogP contribution in [-0.4, -0.2) is 22.7 Å². The van der Waals surface area contributed by atoms with E-state index >= 15 is 0 Å². The number of para-hydroxylation sites is 1. The maximum Gasteiger partial charge on any atom is 0.404 e. The van der Waals surface area contributed by atoms with Crippen LogP contribution in [0.1, 0.15) is 17.5 Å². The number of hydrogen-bond acceptors (Lipinski definition) is 4. The Kier molecular flexibility index (Phi) is 5.93. The van der Waals surface area contributed by atoms with E-state index in [1.807, 2.05) is 12.1 Å². The molecule has 0 unspecified atom stereocenters. The summed E-state index contributed by atoms with van der Waals surface area (Å²) >= 11 is 5.84. The van der Waals surface area contributed by atoms with E-state index in [2.05, 4.69) is 15.6 Å². The third-order valence-corrected chi connectivity index (χ3v) is 3.51. The molecule has 1 aromatic heterocycles. The first kappa shape index (κ1) is 17.5. The molecule has 2 aromatic rings. The summed E-state index contributed by atoms with van der Waals surface area (Å²) in [4.78, 5) is 14.3. The van der Waals surface area contributed by atoms with Crippen LogP contribution in [0.2, 0.25) is 5.15 Å². The molecule has 0 aliphatic heterocycles. The maximum absolute atomic E-state index is 14.0. The molecule has 0 saturated carbocycles. The Morgan fingerprint density at radius 1 is 1.42 bits per heavy atom. The van der Waals surface area contributed by atoms with Gasteiger partial charge in [-0.1, -0.05) is 29.8 Å². The number of hydrogen-bond donors (Lipinski definition) is 3. The van der Waals surface area contributed by atoms with Gasteiger partial charge < -0.3 is 15.7 Å². The molecule has 1 aromatic carbocycles. The van der Waals surface area contributed by atoms with E-state index in [4.69, 9.17) is 22.0 Å². The Labute approximate surface area is 142 Å². The number of amides is 1. The molecule has 0 radical (unpaired) electrons. The van der Waals surface area contributed by atoms with Gasteiger partial charge in [0.25, 0.3) is 0 Å². The van der Waals surface area contributed by atoms with Crippen molar-refractivity contribution in [2.45, 2.75) is 12.8 Å². The van der Waals surface area contributed by atoms with Crippen molar-refractivity contribution < 1.29 is 14.3 Å². The van der Waals surface area contributed by atoms with E-state index < -0.39 is 11.9 Å². The van der Waals surface area contributed by atoms with Crippen LogP contribution in [0.15, 0.2) is 30.3 Å².